The van der Waals surface area contributed by atoms with Crippen molar-refractivity contribution in [3.05, 3.63) is 51.9 Å². The van der Waals surface area contributed by atoms with Crippen LogP contribution in [0, 0.1) is 12.7 Å². The summed E-state index contributed by atoms with van der Waals surface area (Å²) in [5, 5.41) is 3.51. The van der Waals surface area contributed by atoms with E-state index in [4.69, 9.17) is 9.15 Å². The number of aryl methyl sites for hydroxylation is 1. The van der Waals surface area contributed by atoms with Gasteiger partial charge in [-0.1, -0.05) is 0 Å². The minimum atomic E-state index is -0.441. The quantitative estimate of drug-likeness (QED) is 0.711. The van der Waals surface area contributed by atoms with E-state index in [9.17, 15) is 9.18 Å². The van der Waals surface area contributed by atoms with Crippen LogP contribution in [0.4, 0.5) is 4.39 Å². The maximum atomic E-state index is 13.8. The van der Waals surface area contributed by atoms with E-state index < -0.39 is 5.82 Å². The average Bonchev–Trinajstić information content (AvgIpc) is 3.31. The van der Waals surface area contributed by atoms with Crippen molar-refractivity contribution < 1.29 is 18.3 Å². The predicted molar refractivity (Wildman–Crippen MR) is 92.1 cm³/mol. The number of thiazole rings is 1. The van der Waals surface area contributed by atoms with Crippen LogP contribution in [0.25, 0.3) is 11.0 Å². The number of benzene rings is 1. The molecule has 1 aliphatic heterocycles. The van der Waals surface area contributed by atoms with Gasteiger partial charge in [-0.25, -0.2) is 9.37 Å². The topological polar surface area (TPSA) is 55.6 Å². The SMILES string of the molecule is Cc1csc(COC2CCN(C(=O)c3cc(F)cc4ccoc34)C2)n1. The first-order valence-corrected chi connectivity index (χ1v) is 8.97. The molecule has 0 spiro atoms. The summed E-state index contributed by atoms with van der Waals surface area (Å²) in [5.41, 5.74) is 1.67. The first-order chi connectivity index (χ1) is 12.1. The lowest BCUT2D eigenvalue weighted by Crippen LogP contribution is -2.30. The Labute approximate surface area is 148 Å². The van der Waals surface area contributed by atoms with E-state index in [-0.39, 0.29) is 17.6 Å². The molecule has 0 bridgehead atoms. The van der Waals surface area contributed by atoms with Crippen molar-refractivity contribution in [1.82, 2.24) is 9.88 Å². The summed E-state index contributed by atoms with van der Waals surface area (Å²) in [7, 11) is 0. The number of carbonyl (C=O) groups excluding carboxylic acids is 1. The highest BCUT2D eigenvalue weighted by molar-refractivity contribution is 7.09. The Hall–Kier alpha value is -2.25. The van der Waals surface area contributed by atoms with E-state index in [0.29, 0.717) is 30.7 Å². The number of ether oxygens (including phenoxy) is 1. The number of nitrogens with zero attached hydrogens (tertiary/aromatic N) is 2. The lowest BCUT2D eigenvalue weighted by Gasteiger charge is -2.17. The standard InChI is InChI=1S/C18H17FN2O3S/c1-11-10-25-16(20-11)9-24-14-2-4-21(8-14)18(22)15-7-13(19)6-12-3-5-23-17(12)15/h3,5-7,10,14H,2,4,8-9H2,1H3. The van der Waals surface area contributed by atoms with Gasteiger partial charge in [-0.2, -0.15) is 0 Å². The number of amides is 1. The highest BCUT2D eigenvalue weighted by Crippen LogP contribution is 2.25. The largest absolute Gasteiger partial charge is 0.464 e. The molecule has 0 N–H and O–H groups in total. The summed E-state index contributed by atoms with van der Waals surface area (Å²) >= 11 is 1.57. The van der Waals surface area contributed by atoms with E-state index in [1.165, 1.54) is 18.4 Å². The van der Waals surface area contributed by atoms with Gasteiger partial charge in [0.2, 0.25) is 0 Å². The van der Waals surface area contributed by atoms with Crippen molar-refractivity contribution in [3.63, 3.8) is 0 Å². The molecule has 1 unspecified atom stereocenters. The second-order valence-electron chi connectivity index (χ2n) is 6.15. The maximum absolute atomic E-state index is 13.8. The third-order valence-electron chi connectivity index (χ3n) is 4.29. The zero-order chi connectivity index (χ0) is 17.4. The van der Waals surface area contributed by atoms with Gasteiger partial charge in [-0.15, -0.1) is 11.3 Å². The van der Waals surface area contributed by atoms with Crippen molar-refractivity contribution in [3.8, 4) is 0 Å². The number of carbonyl (C=O) groups is 1. The highest BCUT2D eigenvalue weighted by atomic mass is 32.1. The van der Waals surface area contributed by atoms with Gasteiger partial charge in [0.05, 0.1) is 24.5 Å². The summed E-state index contributed by atoms with van der Waals surface area (Å²) in [6, 6.07) is 4.25. The number of hydrogen-bond donors (Lipinski definition) is 0. The summed E-state index contributed by atoms with van der Waals surface area (Å²) in [4.78, 5) is 18.8. The molecule has 1 aliphatic rings. The van der Waals surface area contributed by atoms with Crippen LogP contribution in [-0.2, 0) is 11.3 Å². The molecule has 4 rings (SSSR count). The Balaban J connectivity index is 1.44. The van der Waals surface area contributed by atoms with Crippen molar-refractivity contribution in [2.24, 2.45) is 0 Å². The fraction of sp³-hybridized carbons (Fsp3) is 0.333. The number of fused-ring (bicyclic) bond motifs is 1. The van der Waals surface area contributed by atoms with Crippen molar-refractivity contribution in [1.29, 1.82) is 0 Å². The zero-order valence-corrected chi connectivity index (χ0v) is 14.5. The first kappa shape index (κ1) is 16.2. The van der Waals surface area contributed by atoms with E-state index in [0.717, 1.165) is 17.1 Å². The summed E-state index contributed by atoms with van der Waals surface area (Å²) in [5.74, 6) is -0.668. The molecule has 7 heteroatoms. The third-order valence-corrected chi connectivity index (χ3v) is 5.23. The molecule has 1 aromatic carbocycles. The Morgan fingerprint density at radius 2 is 2.40 bits per heavy atom. The molecular weight excluding hydrogens is 343 g/mol. The molecule has 5 nitrogen and oxygen atoms in total. The predicted octanol–water partition coefficient (Wildman–Crippen LogP) is 3.77. The van der Waals surface area contributed by atoms with Crippen LogP contribution in [0.3, 0.4) is 0 Å². The Kier molecular flexibility index (Phi) is 4.27. The molecule has 1 saturated heterocycles. The fourth-order valence-corrected chi connectivity index (χ4v) is 3.77. The maximum Gasteiger partial charge on any atom is 0.257 e. The van der Waals surface area contributed by atoms with Gasteiger partial charge in [0.25, 0.3) is 5.91 Å². The minimum Gasteiger partial charge on any atom is -0.464 e. The fourth-order valence-electron chi connectivity index (χ4n) is 3.08. The van der Waals surface area contributed by atoms with Crippen LogP contribution in [0.2, 0.25) is 0 Å². The van der Waals surface area contributed by atoms with Crippen LogP contribution >= 0.6 is 11.3 Å². The number of furan rings is 1. The molecule has 130 valence electrons. The zero-order valence-electron chi connectivity index (χ0n) is 13.7. The van der Waals surface area contributed by atoms with E-state index in [2.05, 4.69) is 4.98 Å². The third kappa shape index (κ3) is 3.29. The van der Waals surface area contributed by atoms with Crippen molar-refractivity contribution in [2.75, 3.05) is 13.1 Å². The highest BCUT2D eigenvalue weighted by Gasteiger charge is 2.29. The second-order valence-corrected chi connectivity index (χ2v) is 7.09. The van der Waals surface area contributed by atoms with E-state index in [1.54, 1.807) is 22.3 Å². The first-order valence-electron chi connectivity index (χ1n) is 8.09. The van der Waals surface area contributed by atoms with Gasteiger partial charge < -0.3 is 14.1 Å². The lowest BCUT2D eigenvalue weighted by molar-refractivity contribution is 0.0436. The number of likely N-dealkylation sites (tertiary alicyclic amines) is 1. The van der Waals surface area contributed by atoms with Crippen molar-refractivity contribution in [2.45, 2.75) is 26.1 Å². The number of hydrogen-bond acceptors (Lipinski definition) is 5. The molecule has 0 radical (unpaired) electrons. The van der Waals surface area contributed by atoms with Crippen LogP contribution in [0.15, 0.2) is 34.3 Å². The smallest absolute Gasteiger partial charge is 0.257 e. The van der Waals surface area contributed by atoms with E-state index in [1.807, 2.05) is 12.3 Å². The van der Waals surface area contributed by atoms with Crippen LogP contribution in [0.5, 0.6) is 0 Å². The van der Waals surface area contributed by atoms with Crippen LogP contribution in [-0.4, -0.2) is 35.0 Å². The molecule has 0 saturated carbocycles. The van der Waals surface area contributed by atoms with Gasteiger partial charge in [-0.3, -0.25) is 4.79 Å². The summed E-state index contributed by atoms with van der Waals surface area (Å²) in [6.07, 6.45) is 2.19. The number of halogens is 1. The van der Waals surface area contributed by atoms with Gasteiger partial charge in [0.1, 0.15) is 16.4 Å². The second kappa shape index (κ2) is 6.57. The number of aromatic nitrogens is 1. The Morgan fingerprint density at radius 3 is 3.20 bits per heavy atom. The Bertz CT molecular complexity index is 920. The van der Waals surface area contributed by atoms with Crippen molar-refractivity contribution >= 4 is 28.2 Å². The molecular formula is C18H17FN2O3S. The minimum absolute atomic E-state index is 0.0335. The molecule has 25 heavy (non-hydrogen) atoms. The Morgan fingerprint density at radius 1 is 1.52 bits per heavy atom. The lowest BCUT2D eigenvalue weighted by atomic mass is 10.1. The number of rotatable bonds is 4. The van der Waals surface area contributed by atoms with Gasteiger partial charge in [-0.05, 0) is 31.5 Å². The molecule has 2 aromatic heterocycles. The molecule has 0 aliphatic carbocycles. The van der Waals surface area contributed by atoms with Crippen LogP contribution < -0.4 is 0 Å². The molecule has 1 amide bonds. The van der Waals surface area contributed by atoms with Crippen LogP contribution in [0.1, 0.15) is 27.5 Å². The summed E-state index contributed by atoms with van der Waals surface area (Å²) < 4.78 is 25.0. The van der Waals surface area contributed by atoms with E-state index >= 15 is 0 Å². The monoisotopic (exact) mass is 360 g/mol. The van der Waals surface area contributed by atoms with Gasteiger partial charge in [0, 0.05) is 29.5 Å². The average molecular weight is 360 g/mol. The van der Waals surface area contributed by atoms with Gasteiger partial charge in [0.15, 0.2) is 0 Å². The summed E-state index contributed by atoms with van der Waals surface area (Å²) in [6.45, 7) is 3.47. The van der Waals surface area contributed by atoms with Gasteiger partial charge >= 0.3 is 0 Å². The molecule has 3 aromatic rings. The molecule has 1 fully saturated rings. The normalized spacial score (nSPS) is 17.5. The molecule has 1 atom stereocenters. The molecule has 3 heterocycles.